The van der Waals surface area contributed by atoms with Crippen LogP contribution in [0, 0.1) is 5.92 Å². The van der Waals surface area contributed by atoms with Crippen LogP contribution in [0.5, 0.6) is 0 Å². The summed E-state index contributed by atoms with van der Waals surface area (Å²) in [6, 6.07) is -0.753. The molecule has 2 rings (SSSR count). The molecule has 2 aliphatic rings. The van der Waals surface area contributed by atoms with Crippen molar-refractivity contribution >= 4 is 11.9 Å². The van der Waals surface area contributed by atoms with Crippen LogP contribution in [0.4, 0.5) is 9.18 Å². The third-order valence-corrected chi connectivity index (χ3v) is 3.19. The molecule has 0 saturated carbocycles. The Labute approximate surface area is 103 Å². The van der Waals surface area contributed by atoms with Crippen LogP contribution >= 0.6 is 0 Å². The molecule has 0 bridgehead atoms. The van der Waals surface area contributed by atoms with Crippen molar-refractivity contribution in [1.29, 1.82) is 0 Å². The summed E-state index contributed by atoms with van der Waals surface area (Å²) in [6.07, 6.45) is -5.65. The predicted octanol–water partition coefficient (Wildman–Crippen LogP) is -1.41. The number of nitrogens with zero attached hydrogens (tertiary/aromatic N) is 1. The van der Waals surface area contributed by atoms with Gasteiger partial charge in [0, 0.05) is 6.54 Å². The van der Waals surface area contributed by atoms with Gasteiger partial charge in [0.2, 0.25) is 5.91 Å². The molecular formula is C10H15FN2O5. The molecule has 3 amide bonds. The summed E-state index contributed by atoms with van der Waals surface area (Å²) in [5.74, 6) is -0.910. The highest BCUT2D eigenvalue weighted by molar-refractivity contribution is 5.97. The standard InChI is InChI=1S/C10H15FN2O5/c1-4-2-13(10(17)12-8(4)16)9-6(11)7(15)5(3-14)18-9/h4-7,9,14-15H,2-3H2,1H3,(H,12,16,17)/t4?,5-,6-,7-,9-/m1/s1. The van der Waals surface area contributed by atoms with Crippen molar-refractivity contribution in [2.24, 2.45) is 5.92 Å². The van der Waals surface area contributed by atoms with Crippen LogP contribution in [-0.4, -0.2) is 64.8 Å². The number of urea groups is 1. The van der Waals surface area contributed by atoms with Crippen molar-refractivity contribution in [2.75, 3.05) is 13.2 Å². The number of imide groups is 1. The summed E-state index contributed by atoms with van der Waals surface area (Å²) >= 11 is 0. The number of hydrogen-bond acceptors (Lipinski definition) is 5. The molecule has 2 saturated heterocycles. The zero-order valence-corrected chi connectivity index (χ0v) is 9.75. The fourth-order valence-corrected chi connectivity index (χ4v) is 2.09. The van der Waals surface area contributed by atoms with Gasteiger partial charge in [0.15, 0.2) is 12.4 Å². The molecule has 0 aliphatic carbocycles. The van der Waals surface area contributed by atoms with E-state index in [2.05, 4.69) is 5.32 Å². The first kappa shape index (κ1) is 13.2. The Kier molecular flexibility index (Phi) is 3.51. The van der Waals surface area contributed by atoms with Gasteiger partial charge in [-0.1, -0.05) is 6.92 Å². The lowest BCUT2D eigenvalue weighted by Crippen LogP contribution is -2.59. The number of halogens is 1. The monoisotopic (exact) mass is 262 g/mol. The Morgan fingerprint density at radius 2 is 2.22 bits per heavy atom. The van der Waals surface area contributed by atoms with Crippen LogP contribution in [0.2, 0.25) is 0 Å². The quantitative estimate of drug-likeness (QED) is 0.568. The third kappa shape index (κ3) is 2.06. The molecule has 2 aliphatic heterocycles. The highest BCUT2D eigenvalue weighted by atomic mass is 19.1. The highest BCUT2D eigenvalue weighted by Gasteiger charge is 2.49. The Hall–Kier alpha value is -1.25. The van der Waals surface area contributed by atoms with Gasteiger partial charge in [0.25, 0.3) is 0 Å². The maximum absolute atomic E-state index is 13.8. The normalized spacial score (nSPS) is 41.1. The average Bonchev–Trinajstić information content (AvgIpc) is 2.61. The number of carbonyl (C=O) groups excluding carboxylic acids is 2. The van der Waals surface area contributed by atoms with Gasteiger partial charge in [-0.05, 0) is 0 Å². The van der Waals surface area contributed by atoms with Crippen LogP contribution < -0.4 is 5.32 Å². The fraction of sp³-hybridized carbons (Fsp3) is 0.800. The summed E-state index contributed by atoms with van der Waals surface area (Å²) in [7, 11) is 0. The lowest BCUT2D eigenvalue weighted by atomic mass is 10.1. The van der Waals surface area contributed by atoms with Crippen LogP contribution in [0.25, 0.3) is 0 Å². The Morgan fingerprint density at radius 3 is 2.78 bits per heavy atom. The van der Waals surface area contributed by atoms with E-state index in [9.17, 15) is 19.1 Å². The van der Waals surface area contributed by atoms with Crippen LogP contribution in [0.15, 0.2) is 0 Å². The lowest BCUT2D eigenvalue weighted by molar-refractivity contribution is -0.129. The zero-order valence-electron chi connectivity index (χ0n) is 9.75. The number of rotatable bonds is 2. The summed E-state index contributed by atoms with van der Waals surface area (Å²) in [6.45, 7) is 1.07. The first-order chi connectivity index (χ1) is 8.45. The maximum atomic E-state index is 13.8. The molecule has 7 nitrogen and oxygen atoms in total. The molecule has 1 unspecified atom stereocenters. The van der Waals surface area contributed by atoms with Crippen LogP contribution in [-0.2, 0) is 9.53 Å². The smallest absolute Gasteiger partial charge is 0.326 e. The van der Waals surface area contributed by atoms with Gasteiger partial charge >= 0.3 is 6.03 Å². The van der Waals surface area contributed by atoms with Crippen molar-refractivity contribution < 1.29 is 28.9 Å². The van der Waals surface area contributed by atoms with E-state index in [4.69, 9.17) is 9.84 Å². The lowest BCUT2D eigenvalue weighted by Gasteiger charge is -2.34. The van der Waals surface area contributed by atoms with E-state index in [1.54, 1.807) is 6.92 Å². The molecule has 0 aromatic carbocycles. The van der Waals surface area contributed by atoms with Gasteiger partial charge < -0.3 is 14.9 Å². The maximum Gasteiger partial charge on any atom is 0.326 e. The van der Waals surface area contributed by atoms with Crippen molar-refractivity contribution in [2.45, 2.75) is 31.5 Å². The second-order valence-corrected chi connectivity index (χ2v) is 4.53. The molecular weight excluding hydrogens is 247 g/mol. The number of nitrogens with one attached hydrogen (secondary N) is 1. The minimum atomic E-state index is -1.81. The number of carbonyl (C=O) groups is 2. The van der Waals surface area contributed by atoms with Crippen molar-refractivity contribution in [3.63, 3.8) is 0 Å². The summed E-state index contributed by atoms with van der Waals surface area (Å²) in [5.41, 5.74) is 0. The SMILES string of the molecule is CC1CN([C@@H]2O[C@H](CO)[C@@H](O)[C@H]2F)C(=O)NC1=O. The van der Waals surface area contributed by atoms with Crippen molar-refractivity contribution in [3.8, 4) is 0 Å². The number of amides is 3. The number of aliphatic hydroxyl groups is 2. The van der Waals surface area contributed by atoms with Gasteiger partial charge in [-0.2, -0.15) is 0 Å². The van der Waals surface area contributed by atoms with Gasteiger partial charge in [0.1, 0.15) is 12.2 Å². The van der Waals surface area contributed by atoms with E-state index < -0.39 is 49.1 Å². The van der Waals surface area contributed by atoms with Gasteiger partial charge in [-0.25, -0.2) is 9.18 Å². The van der Waals surface area contributed by atoms with E-state index in [1.165, 1.54) is 0 Å². The van der Waals surface area contributed by atoms with E-state index >= 15 is 0 Å². The Morgan fingerprint density at radius 1 is 1.56 bits per heavy atom. The number of alkyl halides is 1. The Balaban J connectivity index is 2.12. The number of hydrogen-bond donors (Lipinski definition) is 3. The van der Waals surface area contributed by atoms with Crippen molar-refractivity contribution in [3.05, 3.63) is 0 Å². The molecule has 2 fully saturated rings. The highest BCUT2D eigenvalue weighted by Crippen LogP contribution is 2.28. The van der Waals surface area contributed by atoms with E-state index in [1.807, 2.05) is 0 Å². The molecule has 3 N–H and O–H groups in total. The zero-order chi connectivity index (χ0) is 13.4. The summed E-state index contributed by atoms with van der Waals surface area (Å²) in [4.78, 5) is 23.9. The van der Waals surface area contributed by atoms with Crippen molar-refractivity contribution in [1.82, 2.24) is 10.2 Å². The molecule has 0 radical (unpaired) electrons. The predicted molar refractivity (Wildman–Crippen MR) is 56.1 cm³/mol. The molecule has 2 heterocycles. The summed E-state index contributed by atoms with van der Waals surface area (Å²) in [5, 5.41) is 20.5. The second kappa shape index (κ2) is 4.79. The largest absolute Gasteiger partial charge is 0.394 e. The Bertz CT molecular complexity index is 366. The molecule has 18 heavy (non-hydrogen) atoms. The first-order valence-corrected chi connectivity index (χ1v) is 5.65. The number of aliphatic hydroxyl groups excluding tert-OH is 2. The summed E-state index contributed by atoms with van der Waals surface area (Å²) < 4.78 is 18.9. The minimum Gasteiger partial charge on any atom is -0.394 e. The molecule has 5 atom stereocenters. The van der Waals surface area contributed by atoms with Crippen LogP contribution in [0.3, 0.4) is 0 Å². The molecule has 0 aromatic heterocycles. The van der Waals surface area contributed by atoms with E-state index in [0.29, 0.717) is 0 Å². The molecule has 102 valence electrons. The van der Waals surface area contributed by atoms with Gasteiger partial charge in [-0.15, -0.1) is 0 Å². The third-order valence-electron chi connectivity index (χ3n) is 3.19. The number of ether oxygens (including phenoxy) is 1. The van der Waals surface area contributed by atoms with E-state index in [-0.39, 0.29) is 6.54 Å². The molecule has 0 spiro atoms. The van der Waals surface area contributed by atoms with E-state index in [0.717, 1.165) is 4.90 Å². The van der Waals surface area contributed by atoms with Gasteiger partial charge in [-0.3, -0.25) is 15.0 Å². The second-order valence-electron chi connectivity index (χ2n) is 4.53. The van der Waals surface area contributed by atoms with Crippen LogP contribution in [0.1, 0.15) is 6.92 Å². The topological polar surface area (TPSA) is 99.1 Å². The fourth-order valence-electron chi connectivity index (χ4n) is 2.09. The van der Waals surface area contributed by atoms with Gasteiger partial charge in [0.05, 0.1) is 12.5 Å². The first-order valence-electron chi connectivity index (χ1n) is 5.65. The molecule has 0 aromatic rings. The minimum absolute atomic E-state index is 0.0145. The molecule has 8 heteroatoms. The average molecular weight is 262 g/mol.